The lowest BCUT2D eigenvalue weighted by Crippen LogP contribution is -2.01. The first-order valence-electron chi connectivity index (χ1n) is 6.46. The maximum absolute atomic E-state index is 10.8. The van der Waals surface area contributed by atoms with Gasteiger partial charge in [0.2, 0.25) is 0 Å². The van der Waals surface area contributed by atoms with Gasteiger partial charge in [0, 0.05) is 5.56 Å². The van der Waals surface area contributed by atoms with Gasteiger partial charge in [-0.3, -0.25) is 4.79 Å². The lowest BCUT2D eigenvalue weighted by atomic mass is 9.96. The zero-order chi connectivity index (χ0) is 13.8. The Morgan fingerprint density at radius 2 is 2.05 bits per heavy atom. The van der Waals surface area contributed by atoms with E-state index in [1.807, 2.05) is 12.1 Å². The van der Waals surface area contributed by atoms with Gasteiger partial charge >= 0.3 is 5.97 Å². The highest BCUT2D eigenvalue weighted by molar-refractivity contribution is 5.74. The molecule has 0 bridgehead atoms. The van der Waals surface area contributed by atoms with Crippen LogP contribution in [0.25, 0.3) is 11.3 Å². The molecule has 100 valence electrons. The van der Waals surface area contributed by atoms with Crippen molar-refractivity contribution in [3.63, 3.8) is 0 Å². The number of aliphatic carboxylic acids is 1. The summed E-state index contributed by atoms with van der Waals surface area (Å²) in [6.45, 7) is 4.36. The second-order valence-electron chi connectivity index (χ2n) is 4.73. The number of rotatable bonds is 5. The summed E-state index contributed by atoms with van der Waals surface area (Å²) in [6, 6.07) is 8.18. The fourth-order valence-electron chi connectivity index (χ4n) is 2.06. The molecule has 1 aromatic heterocycles. The van der Waals surface area contributed by atoms with Gasteiger partial charge in [-0.25, -0.2) is 4.98 Å². The molecule has 4 heteroatoms. The van der Waals surface area contributed by atoms with Crippen LogP contribution in [0.1, 0.15) is 37.4 Å². The molecule has 2 rings (SSSR count). The first-order chi connectivity index (χ1) is 9.11. The molecule has 2 N–H and O–H groups in total. The van der Waals surface area contributed by atoms with Gasteiger partial charge in [0.25, 0.3) is 0 Å². The first kappa shape index (κ1) is 13.3. The molecule has 1 atom stereocenters. The van der Waals surface area contributed by atoms with Crippen molar-refractivity contribution in [2.75, 3.05) is 0 Å². The van der Waals surface area contributed by atoms with Crippen LogP contribution in [-0.4, -0.2) is 21.0 Å². The normalized spacial score (nSPS) is 12.3. The number of carboxylic acid groups (broad SMARTS) is 1. The molecule has 2 aromatic rings. The number of H-pyrrole nitrogens is 1. The predicted octanol–water partition coefficient (Wildman–Crippen LogP) is 3.22. The summed E-state index contributed by atoms with van der Waals surface area (Å²) in [5, 5.41) is 8.86. The number of carbonyl (C=O) groups is 1. The third-order valence-corrected chi connectivity index (χ3v) is 3.41. The van der Waals surface area contributed by atoms with E-state index in [4.69, 9.17) is 5.11 Å². The number of carboxylic acids is 1. The third-order valence-electron chi connectivity index (χ3n) is 3.41. The van der Waals surface area contributed by atoms with Crippen LogP contribution in [0.4, 0.5) is 0 Å². The van der Waals surface area contributed by atoms with Crippen molar-refractivity contribution in [2.45, 2.75) is 32.6 Å². The first-order valence-corrected chi connectivity index (χ1v) is 6.46. The second-order valence-corrected chi connectivity index (χ2v) is 4.73. The fourth-order valence-corrected chi connectivity index (χ4v) is 2.06. The molecular formula is C15H18N2O2. The van der Waals surface area contributed by atoms with Crippen LogP contribution in [-0.2, 0) is 11.2 Å². The highest BCUT2D eigenvalue weighted by atomic mass is 16.4. The zero-order valence-corrected chi connectivity index (χ0v) is 11.2. The molecule has 0 saturated carbocycles. The molecule has 0 saturated heterocycles. The van der Waals surface area contributed by atoms with Crippen LogP contribution < -0.4 is 0 Å². The molecule has 0 spiro atoms. The third kappa shape index (κ3) is 3.02. The van der Waals surface area contributed by atoms with Gasteiger partial charge in [-0.2, -0.15) is 0 Å². The van der Waals surface area contributed by atoms with Gasteiger partial charge in [0.1, 0.15) is 0 Å². The van der Waals surface area contributed by atoms with E-state index in [1.165, 1.54) is 11.9 Å². The summed E-state index contributed by atoms with van der Waals surface area (Å²) in [5.74, 6) is -0.326. The van der Waals surface area contributed by atoms with Crippen molar-refractivity contribution >= 4 is 5.97 Å². The van der Waals surface area contributed by atoms with E-state index in [-0.39, 0.29) is 6.42 Å². The number of imidazole rings is 1. The topological polar surface area (TPSA) is 66.0 Å². The molecule has 0 aliphatic carbocycles. The van der Waals surface area contributed by atoms with Gasteiger partial charge in [0.05, 0.1) is 24.1 Å². The standard InChI is InChI=1S/C15H18N2O2/c1-3-10(2)11-4-6-12(7-5-11)15-13(8-14(18)19)16-9-17-15/h4-7,9-10H,3,8H2,1-2H3,(H,16,17)(H,18,19). The van der Waals surface area contributed by atoms with Crippen LogP contribution in [0, 0.1) is 0 Å². The van der Waals surface area contributed by atoms with E-state index in [2.05, 4.69) is 35.9 Å². The molecule has 1 aromatic carbocycles. The molecule has 1 heterocycles. The summed E-state index contributed by atoms with van der Waals surface area (Å²) >= 11 is 0. The Balaban J connectivity index is 2.27. The Morgan fingerprint density at radius 3 is 2.63 bits per heavy atom. The number of aromatic amines is 1. The van der Waals surface area contributed by atoms with Crippen LogP contribution in [0.2, 0.25) is 0 Å². The molecule has 1 unspecified atom stereocenters. The van der Waals surface area contributed by atoms with Gasteiger partial charge in [-0.1, -0.05) is 38.1 Å². The Labute approximate surface area is 112 Å². The highest BCUT2D eigenvalue weighted by Crippen LogP contribution is 2.25. The average Bonchev–Trinajstić information content (AvgIpc) is 2.85. The molecule has 0 aliphatic heterocycles. The van der Waals surface area contributed by atoms with Gasteiger partial charge in [0.15, 0.2) is 0 Å². The minimum Gasteiger partial charge on any atom is -0.481 e. The van der Waals surface area contributed by atoms with Gasteiger partial charge < -0.3 is 10.1 Å². The molecule has 4 nitrogen and oxygen atoms in total. The largest absolute Gasteiger partial charge is 0.481 e. The second kappa shape index (κ2) is 5.69. The monoisotopic (exact) mass is 258 g/mol. The Morgan fingerprint density at radius 1 is 1.37 bits per heavy atom. The summed E-state index contributed by atoms with van der Waals surface area (Å²) in [6.07, 6.45) is 2.60. The number of hydrogen-bond acceptors (Lipinski definition) is 2. The number of hydrogen-bond donors (Lipinski definition) is 2. The molecular weight excluding hydrogens is 240 g/mol. The van der Waals surface area contributed by atoms with Crippen LogP contribution >= 0.6 is 0 Å². The quantitative estimate of drug-likeness (QED) is 0.865. The number of benzene rings is 1. The van der Waals surface area contributed by atoms with Crippen molar-refractivity contribution in [1.82, 2.24) is 9.97 Å². The van der Waals surface area contributed by atoms with Gasteiger partial charge in [-0.05, 0) is 17.9 Å². The van der Waals surface area contributed by atoms with Crippen molar-refractivity contribution in [1.29, 1.82) is 0 Å². The van der Waals surface area contributed by atoms with Crippen molar-refractivity contribution < 1.29 is 9.90 Å². The molecule has 0 fully saturated rings. The van der Waals surface area contributed by atoms with E-state index >= 15 is 0 Å². The van der Waals surface area contributed by atoms with E-state index in [0.717, 1.165) is 17.7 Å². The number of nitrogens with zero attached hydrogens (tertiary/aromatic N) is 1. The lowest BCUT2D eigenvalue weighted by molar-refractivity contribution is -0.136. The Bertz CT molecular complexity index is 558. The molecule has 0 radical (unpaired) electrons. The summed E-state index contributed by atoms with van der Waals surface area (Å²) in [5.41, 5.74) is 3.60. The van der Waals surface area contributed by atoms with Crippen LogP contribution in [0.3, 0.4) is 0 Å². The zero-order valence-electron chi connectivity index (χ0n) is 11.2. The SMILES string of the molecule is CCC(C)c1ccc(-c2nc[nH]c2CC(=O)O)cc1. The molecule has 19 heavy (non-hydrogen) atoms. The average molecular weight is 258 g/mol. The minimum atomic E-state index is -0.860. The minimum absolute atomic E-state index is 0.0392. The number of aromatic nitrogens is 2. The maximum atomic E-state index is 10.8. The predicted molar refractivity (Wildman–Crippen MR) is 74.1 cm³/mol. The van der Waals surface area contributed by atoms with E-state index in [1.54, 1.807) is 0 Å². The Kier molecular flexibility index (Phi) is 4.00. The van der Waals surface area contributed by atoms with E-state index in [0.29, 0.717) is 11.6 Å². The maximum Gasteiger partial charge on any atom is 0.309 e. The van der Waals surface area contributed by atoms with Gasteiger partial charge in [-0.15, -0.1) is 0 Å². The smallest absolute Gasteiger partial charge is 0.309 e. The summed E-state index contributed by atoms with van der Waals surface area (Å²) in [4.78, 5) is 17.9. The summed E-state index contributed by atoms with van der Waals surface area (Å²) in [7, 11) is 0. The number of nitrogens with one attached hydrogen (secondary N) is 1. The highest BCUT2D eigenvalue weighted by Gasteiger charge is 2.12. The van der Waals surface area contributed by atoms with Crippen LogP contribution in [0.15, 0.2) is 30.6 Å². The van der Waals surface area contributed by atoms with Crippen molar-refractivity contribution in [3.8, 4) is 11.3 Å². The van der Waals surface area contributed by atoms with E-state index in [9.17, 15) is 4.79 Å². The van der Waals surface area contributed by atoms with Crippen LogP contribution in [0.5, 0.6) is 0 Å². The van der Waals surface area contributed by atoms with Crippen molar-refractivity contribution in [2.24, 2.45) is 0 Å². The molecule has 0 amide bonds. The summed E-state index contributed by atoms with van der Waals surface area (Å²) < 4.78 is 0. The fraction of sp³-hybridized carbons (Fsp3) is 0.333. The van der Waals surface area contributed by atoms with E-state index < -0.39 is 5.97 Å². The lowest BCUT2D eigenvalue weighted by Gasteiger charge is -2.09. The van der Waals surface area contributed by atoms with Crippen molar-refractivity contribution in [3.05, 3.63) is 41.9 Å². The Hall–Kier alpha value is -2.10. The molecule has 0 aliphatic rings.